The number of para-hydroxylation sites is 2. The van der Waals surface area contributed by atoms with Gasteiger partial charge in [0.25, 0.3) is 5.91 Å². The third kappa shape index (κ3) is 5.76. The van der Waals surface area contributed by atoms with E-state index in [1.54, 1.807) is 24.3 Å². The molecule has 0 radical (unpaired) electrons. The third-order valence-electron chi connectivity index (χ3n) is 3.32. The first-order valence-electron chi connectivity index (χ1n) is 8.19. The number of halogens is 1. The molecule has 2 aromatic rings. The van der Waals surface area contributed by atoms with E-state index in [9.17, 15) is 4.79 Å². The van der Waals surface area contributed by atoms with Crippen molar-refractivity contribution in [1.82, 2.24) is 0 Å². The van der Waals surface area contributed by atoms with Gasteiger partial charge in [-0.25, -0.2) is 0 Å². The van der Waals surface area contributed by atoms with Gasteiger partial charge in [0.2, 0.25) is 0 Å². The van der Waals surface area contributed by atoms with E-state index in [-0.39, 0.29) is 5.91 Å². The van der Waals surface area contributed by atoms with E-state index in [0.717, 1.165) is 4.47 Å². The van der Waals surface area contributed by atoms with Crippen molar-refractivity contribution >= 4 is 27.5 Å². The lowest BCUT2D eigenvalue weighted by Crippen LogP contribution is -2.14. The standard InChI is InChI=1S/C19H22BrNO4/c1-3-23-11-12-25-18-8-6-5-7-16(18)21-19(22)14-9-10-17(24-4-2)15(20)13-14/h5-10,13H,3-4,11-12H2,1-2H3,(H,21,22). The summed E-state index contributed by atoms with van der Waals surface area (Å²) in [6.07, 6.45) is 0. The first-order valence-corrected chi connectivity index (χ1v) is 8.98. The summed E-state index contributed by atoms with van der Waals surface area (Å²) >= 11 is 3.42. The summed E-state index contributed by atoms with van der Waals surface area (Å²) in [6, 6.07) is 12.6. The van der Waals surface area contributed by atoms with Crippen LogP contribution >= 0.6 is 15.9 Å². The summed E-state index contributed by atoms with van der Waals surface area (Å²) in [5.41, 5.74) is 1.15. The van der Waals surface area contributed by atoms with Crippen LogP contribution in [0.3, 0.4) is 0 Å². The van der Waals surface area contributed by atoms with Crippen molar-refractivity contribution in [2.75, 3.05) is 31.7 Å². The number of hydrogen-bond acceptors (Lipinski definition) is 4. The second-order valence-corrected chi connectivity index (χ2v) is 5.93. The van der Waals surface area contributed by atoms with Crippen LogP contribution in [0, 0.1) is 0 Å². The van der Waals surface area contributed by atoms with Crippen molar-refractivity contribution in [1.29, 1.82) is 0 Å². The molecule has 0 unspecified atom stereocenters. The molecule has 0 aliphatic carbocycles. The van der Waals surface area contributed by atoms with Gasteiger partial charge in [-0.3, -0.25) is 4.79 Å². The van der Waals surface area contributed by atoms with Crippen LogP contribution in [0.5, 0.6) is 11.5 Å². The number of carbonyl (C=O) groups excluding carboxylic acids is 1. The molecule has 5 nitrogen and oxygen atoms in total. The molecule has 0 saturated heterocycles. The fraction of sp³-hybridized carbons (Fsp3) is 0.316. The molecule has 2 rings (SSSR count). The molecule has 134 valence electrons. The highest BCUT2D eigenvalue weighted by molar-refractivity contribution is 9.10. The highest BCUT2D eigenvalue weighted by Crippen LogP contribution is 2.28. The highest BCUT2D eigenvalue weighted by Gasteiger charge is 2.12. The minimum Gasteiger partial charge on any atom is -0.493 e. The van der Waals surface area contributed by atoms with Crippen LogP contribution in [0.4, 0.5) is 5.69 Å². The number of benzene rings is 2. The molecule has 1 amide bonds. The Balaban J connectivity index is 2.06. The Hall–Kier alpha value is -2.05. The number of anilines is 1. The Bertz CT molecular complexity index is 706. The summed E-state index contributed by atoms with van der Waals surface area (Å²) < 4.78 is 17.1. The first-order chi connectivity index (χ1) is 12.2. The number of carbonyl (C=O) groups is 1. The Morgan fingerprint density at radius 3 is 2.52 bits per heavy atom. The molecule has 6 heteroatoms. The van der Waals surface area contributed by atoms with Crippen LogP contribution in [-0.2, 0) is 4.74 Å². The van der Waals surface area contributed by atoms with Gasteiger partial charge >= 0.3 is 0 Å². The summed E-state index contributed by atoms with van der Waals surface area (Å²) in [5.74, 6) is 1.10. The largest absolute Gasteiger partial charge is 0.493 e. The van der Waals surface area contributed by atoms with Crippen molar-refractivity contribution in [2.45, 2.75) is 13.8 Å². The number of rotatable bonds is 9. The number of nitrogens with one attached hydrogen (secondary N) is 1. The minimum atomic E-state index is -0.218. The van der Waals surface area contributed by atoms with E-state index < -0.39 is 0 Å². The second kappa shape index (κ2) is 10.1. The molecular formula is C19H22BrNO4. The topological polar surface area (TPSA) is 56.8 Å². The maximum Gasteiger partial charge on any atom is 0.255 e. The van der Waals surface area contributed by atoms with Crippen LogP contribution in [0.2, 0.25) is 0 Å². The smallest absolute Gasteiger partial charge is 0.255 e. The van der Waals surface area contributed by atoms with Gasteiger partial charge in [0.05, 0.1) is 23.4 Å². The Morgan fingerprint density at radius 1 is 1.00 bits per heavy atom. The molecule has 0 saturated carbocycles. The van der Waals surface area contributed by atoms with Crippen molar-refractivity contribution in [2.24, 2.45) is 0 Å². The predicted octanol–water partition coefficient (Wildman–Crippen LogP) is 4.52. The molecule has 0 atom stereocenters. The van der Waals surface area contributed by atoms with Gasteiger partial charge in [-0.2, -0.15) is 0 Å². The quantitative estimate of drug-likeness (QED) is 0.620. The maximum atomic E-state index is 12.5. The van der Waals surface area contributed by atoms with Gasteiger partial charge in [0.15, 0.2) is 0 Å². The Kier molecular flexibility index (Phi) is 7.76. The lowest BCUT2D eigenvalue weighted by Gasteiger charge is -2.13. The molecule has 0 spiro atoms. The van der Waals surface area contributed by atoms with Crippen LogP contribution < -0.4 is 14.8 Å². The lowest BCUT2D eigenvalue weighted by atomic mass is 10.2. The molecule has 0 aliphatic rings. The van der Waals surface area contributed by atoms with Crippen LogP contribution in [0.15, 0.2) is 46.9 Å². The van der Waals surface area contributed by atoms with E-state index >= 15 is 0 Å². The van der Waals surface area contributed by atoms with Crippen molar-refractivity contribution in [3.63, 3.8) is 0 Å². The summed E-state index contributed by atoms with van der Waals surface area (Å²) in [7, 11) is 0. The molecule has 25 heavy (non-hydrogen) atoms. The van der Waals surface area contributed by atoms with E-state index in [4.69, 9.17) is 14.2 Å². The van der Waals surface area contributed by atoms with E-state index in [1.807, 2.05) is 32.0 Å². The summed E-state index contributed by atoms with van der Waals surface area (Å²) in [6.45, 7) is 5.99. The summed E-state index contributed by atoms with van der Waals surface area (Å²) in [4.78, 5) is 12.5. The van der Waals surface area contributed by atoms with Gasteiger partial charge in [-0.05, 0) is 60.1 Å². The van der Waals surface area contributed by atoms with Crippen molar-refractivity contribution in [3.8, 4) is 11.5 Å². The number of amides is 1. The average Bonchev–Trinajstić information content (AvgIpc) is 2.62. The molecule has 0 aliphatic heterocycles. The highest BCUT2D eigenvalue weighted by atomic mass is 79.9. The van der Waals surface area contributed by atoms with Gasteiger partial charge in [0.1, 0.15) is 18.1 Å². The third-order valence-corrected chi connectivity index (χ3v) is 3.94. The molecule has 0 fully saturated rings. The monoisotopic (exact) mass is 407 g/mol. The van der Waals surface area contributed by atoms with E-state index in [0.29, 0.717) is 49.2 Å². The fourth-order valence-electron chi connectivity index (χ4n) is 2.16. The zero-order valence-corrected chi connectivity index (χ0v) is 16.0. The SMILES string of the molecule is CCOCCOc1ccccc1NC(=O)c1ccc(OCC)c(Br)c1. The average molecular weight is 408 g/mol. The zero-order chi connectivity index (χ0) is 18.1. The van der Waals surface area contributed by atoms with Gasteiger partial charge < -0.3 is 19.5 Å². The van der Waals surface area contributed by atoms with Crippen molar-refractivity contribution < 1.29 is 19.0 Å². The molecule has 2 aromatic carbocycles. The molecule has 0 aromatic heterocycles. The summed E-state index contributed by atoms with van der Waals surface area (Å²) in [5, 5.41) is 2.88. The van der Waals surface area contributed by atoms with Crippen LogP contribution in [0.25, 0.3) is 0 Å². The Morgan fingerprint density at radius 2 is 1.80 bits per heavy atom. The number of hydrogen-bond donors (Lipinski definition) is 1. The molecular weight excluding hydrogens is 386 g/mol. The number of ether oxygens (including phenoxy) is 3. The first kappa shape index (κ1) is 19.3. The van der Waals surface area contributed by atoms with Gasteiger partial charge in [-0.1, -0.05) is 12.1 Å². The lowest BCUT2D eigenvalue weighted by molar-refractivity contribution is 0.102. The van der Waals surface area contributed by atoms with Crippen LogP contribution in [0.1, 0.15) is 24.2 Å². The zero-order valence-electron chi connectivity index (χ0n) is 14.4. The van der Waals surface area contributed by atoms with E-state index in [2.05, 4.69) is 21.2 Å². The minimum absolute atomic E-state index is 0.218. The van der Waals surface area contributed by atoms with Gasteiger partial charge in [-0.15, -0.1) is 0 Å². The molecule has 0 heterocycles. The fourth-order valence-corrected chi connectivity index (χ4v) is 2.65. The van der Waals surface area contributed by atoms with Gasteiger partial charge in [0, 0.05) is 12.2 Å². The predicted molar refractivity (Wildman–Crippen MR) is 102 cm³/mol. The second-order valence-electron chi connectivity index (χ2n) is 5.07. The van der Waals surface area contributed by atoms with Crippen LogP contribution in [-0.4, -0.2) is 32.3 Å². The van der Waals surface area contributed by atoms with Crippen molar-refractivity contribution in [3.05, 3.63) is 52.5 Å². The molecule has 0 bridgehead atoms. The molecule has 1 N–H and O–H groups in total. The van der Waals surface area contributed by atoms with E-state index in [1.165, 1.54) is 0 Å². The Labute approximate surface area is 156 Å². The normalized spacial score (nSPS) is 10.4. The maximum absolute atomic E-state index is 12.5.